The minimum absolute atomic E-state index is 0.155. The molecule has 3 aromatic heterocycles. The van der Waals surface area contributed by atoms with Gasteiger partial charge in [0.25, 0.3) is 0 Å². The van der Waals surface area contributed by atoms with Gasteiger partial charge in [0.05, 0.1) is 6.93 Å². The predicted octanol–water partition coefficient (Wildman–Crippen LogP) is 4.09. The van der Waals surface area contributed by atoms with Gasteiger partial charge in [0.1, 0.15) is 7.05 Å². The SMILES string of the molecule is [2H]c1ccc2c(n1)oc1c(-c3ccc(C([2H])([2H])[2H])c[n+]3C)c(C)ccc12. The van der Waals surface area contributed by atoms with Crippen LogP contribution in [0.1, 0.15) is 16.6 Å². The number of fused-ring (bicyclic) bond motifs is 3. The third-order valence-corrected chi connectivity index (χ3v) is 3.97. The highest BCUT2D eigenvalue weighted by atomic mass is 16.3. The zero-order chi connectivity index (χ0) is 18.6. The fraction of sp³-hybridized carbons (Fsp3) is 0.158. The van der Waals surface area contributed by atoms with Crippen LogP contribution in [0.4, 0.5) is 0 Å². The zero-order valence-corrected chi connectivity index (χ0v) is 12.3. The van der Waals surface area contributed by atoms with Crippen LogP contribution in [-0.4, -0.2) is 4.98 Å². The van der Waals surface area contributed by atoms with Crippen molar-refractivity contribution >= 4 is 22.1 Å². The van der Waals surface area contributed by atoms with E-state index in [4.69, 9.17) is 9.90 Å². The van der Waals surface area contributed by atoms with Crippen LogP contribution in [-0.2, 0) is 7.05 Å². The molecule has 0 saturated carbocycles. The van der Waals surface area contributed by atoms with Crippen LogP contribution < -0.4 is 4.57 Å². The molecule has 0 radical (unpaired) electrons. The van der Waals surface area contributed by atoms with Gasteiger partial charge in [-0.1, -0.05) is 12.1 Å². The molecule has 0 amide bonds. The van der Waals surface area contributed by atoms with Gasteiger partial charge in [0, 0.05) is 32.7 Å². The smallest absolute Gasteiger partial charge is 0.227 e. The van der Waals surface area contributed by atoms with Crippen LogP contribution in [0.3, 0.4) is 0 Å². The number of aryl methyl sites for hydroxylation is 3. The van der Waals surface area contributed by atoms with Crippen molar-refractivity contribution in [1.29, 1.82) is 0 Å². The molecule has 0 atom stereocenters. The first-order valence-electron chi connectivity index (χ1n) is 9.06. The van der Waals surface area contributed by atoms with E-state index < -0.39 is 6.85 Å². The van der Waals surface area contributed by atoms with E-state index in [9.17, 15) is 0 Å². The first kappa shape index (κ1) is 9.36. The van der Waals surface area contributed by atoms with Crippen LogP contribution in [0.2, 0.25) is 0 Å². The number of benzene rings is 1. The van der Waals surface area contributed by atoms with Gasteiger partial charge in [-0.3, -0.25) is 0 Å². The molecule has 0 N–H and O–H groups in total. The molecule has 0 aliphatic rings. The maximum Gasteiger partial charge on any atom is 0.227 e. The summed E-state index contributed by atoms with van der Waals surface area (Å²) in [7, 11) is 1.83. The Kier molecular flexibility index (Phi) is 1.99. The lowest BCUT2D eigenvalue weighted by atomic mass is 10.0. The van der Waals surface area contributed by atoms with Gasteiger partial charge in [0.2, 0.25) is 11.4 Å². The average Bonchev–Trinajstić information content (AvgIpc) is 2.91. The lowest BCUT2D eigenvalue weighted by Crippen LogP contribution is -2.31. The van der Waals surface area contributed by atoms with Crippen molar-refractivity contribution in [3.8, 4) is 11.3 Å². The highest BCUT2D eigenvalue weighted by molar-refractivity contribution is 6.08. The molecule has 3 heterocycles. The highest BCUT2D eigenvalue weighted by Crippen LogP contribution is 2.35. The number of aromatic nitrogens is 2. The molecular weight excluding hydrogens is 272 g/mol. The second-order valence-corrected chi connectivity index (χ2v) is 5.44. The van der Waals surface area contributed by atoms with E-state index in [1.165, 1.54) is 0 Å². The quantitative estimate of drug-likeness (QED) is 0.495. The molecule has 0 spiro atoms. The molecule has 4 aromatic rings. The molecule has 1 aromatic carbocycles. The van der Waals surface area contributed by atoms with Crippen LogP contribution in [0.5, 0.6) is 0 Å². The molecule has 0 unspecified atom stereocenters. The van der Waals surface area contributed by atoms with E-state index in [0.29, 0.717) is 16.9 Å². The second kappa shape index (κ2) is 4.67. The normalized spacial score (nSPS) is 14.6. The molecule has 0 aliphatic carbocycles. The maximum atomic E-state index is 7.70. The summed E-state index contributed by atoms with van der Waals surface area (Å²) in [6.45, 7) is -0.159. The fourth-order valence-electron chi connectivity index (χ4n) is 2.91. The molecular formula is C19H17N2O+. The Balaban J connectivity index is 2.02. The van der Waals surface area contributed by atoms with E-state index in [1.54, 1.807) is 29.0 Å². The number of pyridine rings is 2. The fourth-order valence-corrected chi connectivity index (χ4v) is 2.91. The first-order valence-corrected chi connectivity index (χ1v) is 7.06. The minimum atomic E-state index is -2.15. The monoisotopic (exact) mass is 293 g/mol. The van der Waals surface area contributed by atoms with Crippen LogP contribution in [0, 0.1) is 13.8 Å². The van der Waals surface area contributed by atoms with Gasteiger partial charge < -0.3 is 4.42 Å². The van der Waals surface area contributed by atoms with E-state index in [-0.39, 0.29) is 6.17 Å². The van der Waals surface area contributed by atoms with Crippen LogP contribution >= 0.6 is 0 Å². The standard InChI is InChI=1S/C19H17N2O/c1-12-6-9-16(21(3)11-12)17-13(2)7-8-14-15-5-4-10-20-19(15)22-18(14)17/h4-11H,1-3H3/q+1/i1D3,10D. The van der Waals surface area contributed by atoms with Gasteiger partial charge in [-0.05, 0) is 37.5 Å². The number of hydrogen-bond donors (Lipinski definition) is 0. The number of nitrogens with zero attached hydrogens (tertiary/aromatic N) is 2. The predicted molar refractivity (Wildman–Crippen MR) is 87.6 cm³/mol. The zero-order valence-electron chi connectivity index (χ0n) is 16.3. The van der Waals surface area contributed by atoms with Crippen LogP contribution in [0.25, 0.3) is 33.3 Å². The van der Waals surface area contributed by atoms with E-state index in [0.717, 1.165) is 27.6 Å². The molecule has 3 nitrogen and oxygen atoms in total. The Hall–Kier alpha value is -2.68. The van der Waals surface area contributed by atoms with Gasteiger partial charge in [-0.15, -0.1) is 0 Å². The highest BCUT2D eigenvalue weighted by Gasteiger charge is 2.20. The molecule has 0 saturated heterocycles. The Morgan fingerprint density at radius 3 is 2.91 bits per heavy atom. The van der Waals surface area contributed by atoms with Crippen molar-refractivity contribution < 1.29 is 14.5 Å². The third-order valence-electron chi connectivity index (χ3n) is 3.97. The maximum absolute atomic E-state index is 7.70. The summed E-state index contributed by atoms with van der Waals surface area (Å²) < 4.78 is 38.3. The van der Waals surface area contributed by atoms with Crippen molar-refractivity contribution in [3.05, 3.63) is 59.9 Å². The van der Waals surface area contributed by atoms with Crippen molar-refractivity contribution in [2.24, 2.45) is 7.05 Å². The summed E-state index contributed by atoms with van der Waals surface area (Å²) in [6.07, 6.45) is 1.78. The molecule has 0 bridgehead atoms. The topological polar surface area (TPSA) is 29.9 Å². The molecule has 0 fully saturated rings. The largest absolute Gasteiger partial charge is 0.437 e. The van der Waals surface area contributed by atoms with Crippen molar-refractivity contribution in [2.75, 3.05) is 0 Å². The Labute approximate surface area is 134 Å². The summed E-state index contributed by atoms with van der Waals surface area (Å²) in [4.78, 5) is 4.16. The van der Waals surface area contributed by atoms with E-state index in [2.05, 4.69) is 4.98 Å². The summed E-state index contributed by atoms with van der Waals surface area (Å²) >= 11 is 0. The molecule has 22 heavy (non-hydrogen) atoms. The van der Waals surface area contributed by atoms with E-state index >= 15 is 0 Å². The summed E-state index contributed by atoms with van der Waals surface area (Å²) in [5, 5.41) is 1.78. The molecule has 108 valence electrons. The van der Waals surface area contributed by atoms with E-state index in [1.807, 2.05) is 32.2 Å². The lowest BCUT2D eigenvalue weighted by Gasteiger charge is -2.05. The second-order valence-electron chi connectivity index (χ2n) is 5.44. The first-order chi connectivity index (χ1) is 12.3. The van der Waals surface area contributed by atoms with Crippen LogP contribution in [0.15, 0.2) is 53.2 Å². The average molecular weight is 293 g/mol. The van der Waals surface area contributed by atoms with Crippen molar-refractivity contribution in [1.82, 2.24) is 4.98 Å². The Morgan fingerprint density at radius 2 is 2.09 bits per heavy atom. The molecule has 4 rings (SSSR count). The third kappa shape index (κ3) is 1.82. The van der Waals surface area contributed by atoms with Gasteiger partial charge in [0.15, 0.2) is 11.8 Å². The van der Waals surface area contributed by atoms with Crippen molar-refractivity contribution in [3.63, 3.8) is 0 Å². The number of rotatable bonds is 1. The van der Waals surface area contributed by atoms with Crippen molar-refractivity contribution in [2.45, 2.75) is 13.8 Å². The Bertz CT molecular complexity index is 1160. The number of furan rings is 1. The summed E-state index contributed by atoms with van der Waals surface area (Å²) in [5.41, 5.74) is 4.17. The molecule has 3 heteroatoms. The number of hydrogen-bond acceptors (Lipinski definition) is 2. The van der Waals surface area contributed by atoms with Gasteiger partial charge in [-0.25, -0.2) is 9.55 Å². The minimum Gasteiger partial charge on any atom is -0.437 e. The Morgan fingerprint density at radius 1 is 1.18 bits per heavy atom. The molecule has 0 aliphatic heterocycles. The van der Waals surface area contributed by atoms with Gasteiger partial charge in [-0.2, -0.15) is 0 Å². The summed E-state index contributed by atoms with van der Waals surface area (Å²) in [5.74, 6) is 0. The lowest BCUT2D eigenvalue weighted by molar-refractivity contribution is -0.660. The summed E-state index contributed by atoms with van der Waals surface area (Å²) in [6, 6.07) is 10.9. The van der Waals surface area contributed by atoms with Gasteiger partial charge >= 0.3 is 0 Å².